The van der Waals surface area contributed by atoms with E-state index in [1.807, 2.05) is 26.0 Å². The highest BCUT2D eigenvalue weighted by Crippen LogP contribution is 2.21. The SMILES string of the molecule is Cc1cccc(NS(=O)(=O)c2ccc(C)c(C(=O)Nc3cccc(C)n3)c2)c1. The molecule has 144 valence electrons. The van der Waals surface area contributed by atoms with Crippen molar-refractivity contribution >= 4 is 27.4 Å². The Morgan fingerprint density at radius 2 is 1.68 bits per heavy atom. The molecule has 0 unspecified atom stereocenters. The number of benzene rings is 2. The second-order valence-corrected chi connectivity index (χ2v) is 8.25. The zero-order chi connectivity index (χ0) is 20.3. The van der Waals surface area contributed by atoms with E-state index in [4.69, 9.17) is 0 Å². The normalized spacial score (nSPS) is 11.1. The van der Waals surface area contributed by atoms with Crippen LogP contribution < -0.4 is 10.0 Å². The highest BCUT2D eigenvalue weighted by Gasteiger charge is 2.18. The maximum absolute atomic E-state index is 12.7. The van der Waals surface area contributed by atoms with Crippen molar-refractivity contribution < 1.29 is 13.2 Å². The lowest BCUT2D eigenvalue weighted by molar-refractivity contribution is 0.102. The Hall–Kier alpha value is -3.19. The standard InChI is InChI=1S/C21H21N3O3S/c1-14-6-4-8-17(12-14)24-28(26,27)18-11-10-15(2)19(13-18)21(25)23-20-9-5-7-16(3)22-20/h4-13,24H,1-3H3,(H,22,23,25). The summed E-state index contributed by atoms with van der Waals surface area (Å²) in [6.45, 7) is 5.46. The largest absolute Gasteiger partial charge is 0.307 e. The van der Waals surface area contributed by atoms with Crippen LogP contribution >= 0.6 is 0 Å². The molecule has 0 saturated heterocycles. The number of aryl methyl sites for hydroxylation is 3. The number of aromatic nitrogens is 1. The van der Waals surface area contributed by atoms with Crippen LogP contribution in [0, 0.1) is 20.8 Å². The van der Waals surface area contributed by atoms with Gasteiger partial charge in [0, 0.05) is 16.9 Å². The van der Waals surface area contributed by atoms with Crippen molar-refractivity contribution in [2.75, 3.05) is 10.0 Å². The first-order valence-corrected chi connectivity index (χ1v) is 10.2. The average molecular weight is 395 g/mol. The van der Waals surface area contributed by atoms with Gasteiger partial charge in [0.1, 0.15) is 5.82 Å². The molecule has 0 fully saturated rings. The predicted molar refractivity (Wildman–Crippen MR) is 110 cm³/mol. The number of hydrogen-bond donors (Lipinski definition) is 2. The Morgan fingerprint density at radius 3 is 2.39 bits per heavy atom. The van der Waals surface area contributed by atoms with Gasteiger partial charge in [-0.25, -0.2) is 13.4 Å². The molecule has 2 aromatic carbocycles. The molecule has 0 aliphatic rings. The number of nitrogens with one attached hydrogen (secondary N) is 2. The summed E-state index contributed by atoms with van der Waals surface area (Å²) in [6, 6.07) is 16.8. The Labute approximate surface area is 164 Å². The molecule has 6 nitrogen and oxygen atoms in total. The lowest BCUT2D eigenvalue weighted by atomic mass is 10.1. The van der Waals surface area contributed by atoms with Crippen LogP contribution in [0.15, 0.2) is 65.6 Å². The Bertz CT molecular complexity index is 1140. The minimum absolute atomic E-state index is 0.0157. The molecular weight excluding hydrogens is 374 g/mol. The van der Waals surface area contributed by atoms with Gasteiger partial charge in [0.25, 0.3) is 15.9 Å². The lowest BCUT2D eigenvalue weighted by Gasteiger charge is -2.12. The maximum Gasteiger partial charge on any atom is 0.261 e. The molecule has 3 aromatic rings. The Kier molecular flexibility index (Phi) is 5.46. The summed E-state index contributed by atoms with van der Waals surface area (Å²) in [6.07, 6.45) is 0. The highest BCUT2D eigenvalue weighted by atomic mass is 32.2. The summed E-state index contributed by atoms with van der Waals surface area (Å²) in [5.41, 5.74) is 3.12. The van der Waals surface area contributed by atoms with Gasteiger partial charge < -0.3 is 5.32 Å². The number of anilines is 2. The molecule has 0 aliphatic heterocycles. The van der Waals surface area contributed by atoms with Crippen molar-refractivity contribution in [1.82, 2.24) is 4.98 Å². The molecule has 0 aliphatic carbocycles. The van der Waals surface area contributed by atoms with Crippen molar-refractivity contribution in [3.05, 3.63) is 83.0 Å². The van der Waals surface area contributed by atoms with Gasteiger partial charge in [0.2, 0.25) is 0 Å². The quantitative estimate of drug-likeness (QED) is 0.682. The number of hydrogen-bond acceptors (Lipinski definition) is 4. The first kappa shape index (κ1) is 19.6. The van der Waals surface area contributed by atoms with Crippen LogP contribution in [0.1, 0.15) is 27.2 Å². The van der Waals surface area contributed by atoms with Crippen molar-refractivity contribution in [2.24, 2.45) is 0 Å². The fraction of sp³-hybridized carbons (Fsp3) is 0.143. The fourth-order valence-corrected chi connectivity index (χ4v) is 3.81. The first-order chi connectivity index (χ1) is 13.2. The van der Waals surface area contributed by atoms with Gasteiger partial charge >= 0.3 is 0 Å². The van der Waals surface area contributed by atoms with Gasteiger partial charge in [0.15, 0.2) is 0 Å². The molecule has 7 heteroatoms. The number of carbonyl (C=O) groups excluding carboxylic acids is 1. The number of nitrogens with zero attached hydrogens (tertiary/aromatic N) is 1. The molecule has 0 bridgehead atoms. The summed E-state index contributed by atoms with van der Waals surface area (Å²) >= 11 is 0. The van der Waals surface area contributed by atoms with Crippen LogP contribution in [0.5, 0.6) is 0 Å². The molecule has 1 heterocycles. The van der Waals surface area contributed by atoms with Gasteiger partial charge in [-0.1, -0.05) is 24.3 Å². The molecule has 0 radical (unpaired) electrons. The minimum atomic E-state index is -3.83. The lowest BCUT2D eigenvalue weighted by Crippen LogP contribution is -2.17. The van der Waals surface area contributed by atoms with Gasteiger partial charge in [0.05, 0.1) is 4.90 Å². The Morgan fingerprint density at radius 1 is 0.929 bits per heavy atom. The fourth-order valence-electron chi connectivity index (χ4n) is 2.73. The zero-order valence-electron chi connectivity index (χ0n) is 15.9. The van der Waals surface area contributed by atoms with E-state index in [1.165, 1.54) is 12.1 Å². The van der Waals surface area contributed by atoms with Crippen molar-refractivity contribution in [1.29, 1.82) is 0 Å². The molecule has 0 spiro atoms. The topological polar surface area (TPSA) is 88.2 Å². The van der Waals surface area contributed by atoms with Gasteiger partial charge in [-0.2, -0.15) is 0 Å². The summed E-state index contributed by atoms with van der Waals surface area (Å²) in [7, 11) is -3.83. The van der Waals surface area contributed by atoms with Gasteiger partial charge in [-0.3, -0.25) is 9.52 Å². The van der Waals surface area contributed by atoms with Crippen LogP contribution in [-0.4, -0.2) is 19.3 Å². The summed E-state index contributed by atoms with van der Waals surface area (Å²) in [4.78, 5) is 16.9. The van der Waals surface area contributed by atoms with E-state index in [1.54, 1.807) is 43.3 Å². The second kappa shape index (κ2) is 7.82. The maximum atomic E-state index is 12.7. The zero-order valence-corrected chi connectivity index (χ0v) is 16.7. The van der Waals surface area contributed by atoms with Gasteiger partial charge in [-0.05, 0) is 68.3 Å². The van der Waals surface area contributed by atoms with E-state index in [2.05, 4.69) is 15.0 Å². The highest BCUT2D eigenvalue weighted by molar-refractivity contribution is 7.92. The smallest absolute Gasteiger partial charge is 0.261 e. The van der Waals surface area contributed by atoms with Crippen LogP contribution in [0.3, 0.4) is 0 Å². The molecule has 3 rings (SSSR count). The van der Waals surface area contributed by atoms with Gasteiger partial charge in [-0.15, -0.1) is 0 Å². The third kappa shape index (κ3) is 4.55. The van der Waals surface area contributed by atoms with E-state index in [-0.39, 0.29) is 10.5 Å². The van der Waals surface area contributed by atoms with E-state index in [9.17, 15) is 13.2 Å². The third-order valence-electron chi connectivity index (χ3n) is 4.16. The monoisotopic (exact) mass is 395 g/mol. The van der Waals surface area contributed by atoms with E-state index in [0.29, 0.717) is 17.1 Å². The average Bonchev–Trinajstić information content (AvgIpc) is 2.61. The second-order valence-electron chi connectivity index (χ2n) is 6.57. The van der Waals surface area contributed by atoms with Crippen LogP contribution in [-0.2, 0) is 10.0 Å². The van der Waals surface area contributed by atoms with Crippen molar-refractivity contribution in [3.8, 4) is 0 Å². The molecule has 0 atom stereocenters. The number of amides is 1. The molecule has 28 heavy (non-hydrogen) atoms. The van der Waals surface area contributed by atoms with Crippen molar-refractivity contribution in [2.45, 2.75) is 25.7 Å². The third-order valence-corrected chi connectivity index (χ3v) is 5.54. The summed E-state index contributed by atoms with van der Waals surface area (Å²) in [5, 5.41) is 2.71. The van der Waals surface area contributed by atoms with Crippen LogP contribution in [0.25, 0.3) is 0 Å². The summed E-state index contributed by atoms with van der Waals surface area (Å²) in [5.74, 6) is -0.00116. The number of sulfonamides is 1. The predicted octanol–water partition coefficient (Wildman–Crippen LogP) is 4.06. The molecular formula is C21H21N3O3S. The number of carbonyl (C=O) groups is 1. The summed E-state index contributed by atoms with van der Waals surface area (Å²) < 4.78 is 28.0. The van der Waals surface area contributed by atoms with E-state index >= 15 is 0 Å². The van der Waals surface area contributed by atoms with Crippen LogP contribution in [0.4, 0.5) is 11.5 Å². The first-order valence-electron chi connectivity index (χ1n) is 8.70. The molecule has 1 amide bonds. The van der Waals surface area contributed by atoms with E-state index in [0.717, 1.165) is 11.3 Å². The molecule has 2 N–H and O–H groups in total. The van der Waals surface area contributed by atoms with Crippen LogP contribution in [0.2, 0.25) is 0 Å². The number of rotatable bonds is 5. The molecule has 1 aromatic heterocycles. The number of pyridine rings is 1. The van der Waals surface area contributed by atoms with E-state index < -0.39 is 15.9 Å². The molecule has 0 saturated carbocycles. The van der Waals surface area contributed by atoms with Crippen molar-refractivity contribution in [3.63, 3.8) is 0 Å². The minimum Gasteiger partial charge on any atom is -0.307 e. The Balaban J connectivity index is 1.89.